The van der Waals surface area contributed by atoms with Gasteiger partial charge in [0.05, 0.1) is 2.88 Å². The van der Waals surface area contributed by atoms with E-state index in [0.717, 1.165) is 5.56 Å². The molecule has 0 spiro atoms. The molecule has 68 valence electrons. The third-order valence-corrected chi connectivity index (χ3v) is 3.61. The number of aromatic amines is 1. The number of nitrogens with two attached hydrogens (primary N) is 1. The van der Waals surface area contributed by atoms with Crippen LogP contribution in [0, 0.1) is 7.65 Å². The smallest absolute Gasteiger partial charge is 0.214 e. The first kappa shape index (κ1) is 9.16. The van der Waals surface area contributed by atoms with Crippen LogP contribution >= 0.6 is 46.1 Å². The summed E-state index contributed by atoms with van der Waals surface area (Å²) in [5, 5.41) is 8.66. The number of aromatic nitrogens is 3. The van der Waals surface area contributed by atoms with Crippen molar-refractivity contribution >= 4 is 46.1 Å². The van der Waals surface area contributed by atoms with E-state index in [4.69, 9.17) is 18.1 Å². The van der Waals surface area contributed by atoms with Gasteiger partial charge in [-0.05, 0) is 40.9 Å². The van der Waals surface area contributed by atoms with Crippen LogP contribution in [-0.4, -0.2) is 14.9 Å². The van der Waals surface area contributed by atoms with Crippen LogP contribution in [0.4, 0.5) is 0 Å². The Balaban J connectivity index is 2.58. The highest BCUT2D eigenvalue weighted by Crippen LogP contribution is 2.24. The van der Waals surface area contributed by atoms with Crippen molar-refractivity contribution in [2.24, 2.45) is 0 Å². The van der Waals surface area contributed by atoms with E-state index in [1.54, 1.807) is 11.3 Å². The van der Waals surface area contributed by atoms with Crippen LogP contribution in [0.3, 0.4) is 0 Å². The van der Waals surface area contributed by atoms with Gasteiger partial charge in [-0.3, -0.25) is 0 Å². The number of rotatable bonds is 1. The Labute approximate surface area is 96.9 Å². The highest BCUT2D eigenvalue weighted by Gasteiger charge is 2.07. The molecule has 0 radical (unpaired) electrons. The zero-order valence-electron chi connectivity index (χ0n) is 6.32. The molecule has 4 nitrogen and oxygen atoms in total. The summed E-state index contributed by atoms with van der Waals surface area (Å²) < 4.78 is 2.99. The van der Waals surface area contributed by atoms with Gasteiger partial charge in [0, 0.05) is 10.9 Å². The quantitative estimate of drug-likeness (QED) is 0.479. The van der Waals surface area contributed by atoms with Crippen molar-refractivity contribution in [2.45, 2.75) is 0 Å². The Morgan fingerprint density at radius 3 is 2.92 bits per heavy atom. The number of H-pyrrole nitrogens is 1. The van der Waals surface area contributed by atoms with E-state index in [1.807, 2.05) is 11.4 Å². The summed E-state index contributed by atoms with van der Waals surface area (Å²) in [5.74, 6) is 6.34. The standard InChI is InChI=1S/C6H5IN4S2/c7-4-1-3(2-13-4)5-9-10-6(12)11(5)8/h1-2H,8H2,(H,10,12). The Morgan fingerprint density at radius 1 is 1.69 bits per heavy atom. The molecule has 0 fully saturated rings. The summed E-state index contributed by atoms with van der Waals surface area (Å²) in [6, 6.07) is 2.01. The molecule has 2 aromatic rings. The number of nitrogens with zero attached hydrogens (tertiary/aromatic N) is 2. The lowest BCUT2D eigenvalue weighted by atomic mass is 10.3. The zero-order chi connectivity index (χ0) is 9.42. The van der Waals surface area contributed by atoms with Crippen LogP contribution < -0.4 is 5.84 Å². The van der Waals surface area contributed by atoms with Gasteiger partial charge in [0.1, 0.15) is 0 Å². The van der Waals surface area contributed by atoms with Crippen LogP contribution in [0.1, 0.15) is 0 Å². The third-order valence-electron chi connectivity index (χ3n) is 1.53. The number of halogens is 1. The van der Waals surface area contributed by atoms with Gasteiger partial charge in [-0.25, -0.2) is 9.77 Å². The van der Waals surface area contributed by atoms with Gasteiger partial charge in [-0.1, -0.05) is 0 Å². The second-order valence-corrected chi connectivity index (χ2v) is 5.55. The van der Waals surface area contributed by atoms with E-state index in [0.29, 0.717) is 10.6 Å². The van der Waals surface area contributed by atoms with E-state index < -0.39 is 0 Å². The summed E-state index contributed by atoms with van der Waals surface area (Å²) in [5.41, 5.74) is 0.990. The number of hydrogen-bond acceptors (Lipinski definition) is 4. The molecule has 3 N–H and O–H groups in total. The van der Waals surface area contributed by atoms with Crippen LogP contribution in [0.25, 0.3) is 11.4 Å². The zero-order valence-corrected chi connectivity index (χ0v) is 10.1. The topological polar surface area (TPSA) is 59.6 Å². The van der Waals surface area contributed by atoms with Gasteiger partial charge in [-0.2, -0.15) is 5.10 Å². The Bertz CT molecular complexity index is 483. The molecule has 13 heavy (non-hydrogen) atoms. The molecular weight excluding hydrogens is 319 g/mol. The van der Waals surface area contributed by atoms with Crippen molar-refractivity contribution in [3.63, 3.8) is 0 Å². The molecular formula is C6H5IN4S2. The predicted molar refractivity (Wildman–Crippen MR) is 63.6 cm³/mol. The molecule has 0 bridgehead atoms. The lowest BCUT2D eigenvalue weighted by Gasteiger charge is -1.94. The average Bonchev–Trinajstić information content (AvgIpc) is 2.62. The van der Waals surface area contributed by atoms with Gasteiger partial charge < -0.3 is 5.84 Å². The summed E-state index contributed by atoms with van der Waals surface area (Å²) in [6.45, 7) is 0. The third kappa shape index (κ3) is 1.63. The van der Waals surface area contributed by atoms with E-state index in [2.05, 4.69) is 32.8 Å². The number of nitrogens with one attached hydrogen (secondary N) is 1. The molecule has 0 aliphatic heterocycles. The second-order valence-electron chi connectivity index (χ2n) is 2.36. The normalized spacial score (nSPS) is 10.5. The summed E-state index contributed by atoms with van der Waals surface area (Å²) in [6.07, 6.45) is 0. The first-order valence-corrected chi connectivity index (χ1v) is 5.72. The SMILES string of the molecule is Nn1c(-c2csc(I)c2)n[nH]c1=S. The molecule has 2 rings (SSSR count). The first-order valence-electron chi connectivity index (χ1n) is 3.35. The van der Waals surface area contributed by atoms with Gasteiger partial charge in [0.2, 0.25) is 4.77 Å². The van der Waals surface area contributed by atoms with Crippen LogP contribution in [0.2, 0.25) is 0 Å². The molecule has 2 heterocycles. The molecule has 0 unspecified atom stereocenters. The summed E-state index contributed by atoms with van der Waals surface area (Å²) in [4.78, 5) is 0. The molecule has 0 aliphatic carbocycles. The second kappa shape index (κ2) is 3.39. The predicted octanol–water partition coefficient (Wildman–Crippen LogP) is 1.99. The molecule has 2 aromatic heterocycles. The van der Waals surface area contributed by atoms with E-state index in [1.165, 1.54) is 7.56 Å². The summed E-state index contributed by atoms with van der Waals surface area (Å²) >= 11 is 8.80. The molecule has 0 amide bonds. The minimum atomic E-state index is 0.427. The molecule has 0 aromatic carbocycles. The monoisotopic (exact) mass is 324 g/mol. The minimum absolute atomic E-state index is 0.427. The highest BCUT2D eigenvalue weighted by molar-refractivity contribution is 14.1. The lowest BCUT2D eigenvalue weighted by molar-refractivity contribution is 0.985. The van der Waals surface area contributed by atoms with Crippen LogP contribution in [0.5, 0.6) is 0 Å². The van der Waals surface area contributed by atoms with Crippen molar-refractivity contribution in [3.8, 4) is 11.4 Å². The van der Waals surface area contributed by atoms with Crippen LogP contribution in [0.15, 0.2) is 11.4 Å². The maximum atomic E-state index is 5.66. The van der Waals surface area contributed by atoms with Gasteiger partial charge >= 0.3 is 0 Å². The van der Waals surface area contributed by atoms with Gasteiger partial charge in [0.25, 0.3) is 0 Å². The number of nitrogen functional groups attached to an aromatic ring is 1. The fraction of sp³-hybridized carbons (Fsp3) is 0. The van der Waals surface area contributed by atoms with E-state index in [9.17, 15) is 0 Å². The Kier molecular flexibility index (Phi) is 2.39. The molecule has 0 saturated heterocycles. The Morgan fingerprint density at radius 2 is 2.46 bits per heavy atom. The lowest BCUT2D eigenvalue weighted by Crippen LogP contribution is -2.09. The maximum absolute atomic E-state index is 5.66. The van der Waals surface area contributed by atoms with Crippen molar-refractivity contribution in [3.05, 3.63) is 19.1 Å². The average molecular weight is 324 g/mol. The molecule has 7 heteroatoms. The van der Waals surface area contributed by atoms with Crippen molar-refractivity contribution < 1.29 is 0 Å². The molecule has 0 aliphatic rings. The summed E-state index contributed by atoms with van der Waals surface area (Å²) in [7, 11) is 0. The fourth-order valence-corrected chi connectivity index (χ4v) is 2.39. The van der Waals surface area contributed by atoms with Crippen LogP contribution in [-0.2, 0) is 0 Å². The number of hydrogen-bond donors (Lipinski definition) is 2. The van der Waals surface area contributed by atoms with Crippen molar-refractivity contribution in [1.29, 1.82) is 0 Å². The van der Waals surface area contributed by atoms with Crippen molar-refractivity contribution in [2.75, 3.05) is 5.84 Å². The molecule has 0 atom stereocenters. The minimum Gasteiger partial charge on any atom is -0.335 e. The van der Waals surface area contributed by atoms with Gasteiger partial charge in [0.15, 0.2) is 5.82 Å². The maximum Gasteiger partial charge on any atom is 0.214 e. The Hall–Kier alpha value is -0.410. The largest absolute Gasteiger partial charge is 0.335 e. The fourth-order valence-electron chi connectivity index (χ4n) is 0.936. The van der Waals surface area contributed by atoms with Gasteiger partial charge in [-0.15, -0.1) is 11.3 Å². The van der Waals surface area contributed by atoms with E-state index in [-0.39, 0.29) is 0 Å². The van der Waals surface area contributed by atoms with Crippen molar-refractivity contribution in [1.82, 2.24) is 14.9 Å². The molecule has 0 saturated carbocycles. The van der Waals surface area contributed by atoms with E-state index >= 15 is 0 Å². The number of thiophene rings is 1. The first-order chi connectivity index (χ1) is 6.18. The highest BCUT2D eigenvalue weighted by atomic mass is 127.